The third-order valence-corrected chi connectivity index (χ3v) is 1.88. The molecule has 0 aliphatic heterocycles. The van der Waals surface area contributed by atoms with Crippen LogP contribution in [0.3, 0.4) is 0 Å². The molecule has 64 valence electrons. The molecule has 0 aliphatic rings. The molecule has 6 heteroatoms. The van der Waals surface area contributed by atoms with Gasteiger partial charge in [-0.05, 0) is 26.4 Å². The fourth-order valence-corrected chi connectivity index (χ4v) is 1.16. The summed E-state index contributed by atoms with van der Waals surface area (Å²) in [5.41, 5.74) is 0. The average Bonchev–Trinajstić information content (AvgIpc) is 1.78. The van der Waals surface area contributed by atoms with Crippen LogP contribution in [0.5, 0.6) is 0 Å². The van der Waals surface area contributed by atoms with Crippen LogP contribution in [0, 0.1) is 0 Å². The number of nitrogens with one attached hydrogen (secondary N) is 1. The monoisotopic (exact) mass is 191 g/mol. The van der Waals surface area contributed by atoms with Gasteiger partial charge in [-0.2, -0.15) is 8.42 Å². The summed E-state index contributed by atoms with van der Waals surface area (Å²) in [5.74, 6) is -0.130. The van der Waals surface area contributed by atoms with Crippen LogP contribution in [0.2, 0.25) is 0 Å². The van der Waals surface area contributed by atoms with Crippen molar-refractivity contribution in [2.45, 2.75) is 12.8 Å². The first-order valence-electron chi connectivity index (χ1n) is 3.16. The Hall–Kier alpha value is 0.870. The van der Waals surface area contributed by atoms with Gasteiger partial charge in [0.2, 0.25) is 0 Å². The first-order chi connectivity index (χ1) is 4.56. The van der Waals surface area contributed by atoms with Crippen LogP contribution in [0.4, 0.5) is 0 Å². The second-order valence-corrected chi connectivity index (χ2v) is 3.67. The standard InChI is InChI=1S/C5H13NO3S.Na.H/c1-6-4-2-3-5-10(7,8)9;;/h6H,2-5H2,1H3,(H,7,8,9);;. The van der Waals surface area contributed by atoms with E-state index in [-0.39, 0.29) is 35.3 Å². The van der Waals surface area contributed by atoms with Crippen molar-refractivity contribution in [3.63, 3.8) is 0 Å². The first kappa shape index (κ1) is 14.4. The third-order valence-electron chi connectivity index (χ3n) is 1.08. The van der Waals surface area contributed by atoms with Gasteiger partial charge < -0.3 is 5.32 Å². The molecule has 0 aromatic rings. The van der Waals surface area contributed by atoms with Gasteiger partial charge in [0.05, 0.1) is 5.75 Å². The number of hydrogen-bond acceptors (Lipinski definition) is 3. The van der Waals surface area contributed by atoms with E-state index in [0.717, 1.165) is 13.0 Å². The predicted octanol–water partition coefficient (Wildman–Crippen LogP) is -0.775. The van der Waals surface area contributed by atoms with Crippen LogP contribution in [0.15, 0.2) is 0 Å². The van der Waals surface area contributed by atoms with E-state index in [4.69, 9.17) is 4.55 Å². The normalized spacial score (nSPS) is 10.7. The molecule has 0 saturated carbocycles. The van der Waals surface area contributed by atoms with Crippen molar-refractivity contribution in [2.75, 3.05) is 19.3 Å². The van der Waals surface area contributed by atoms with E-state index < -0.39 is 10.1 Å². The Labute approximate surface area is 89.8 Å². The van der Waals surface area contributed by atoms with Crippen molar-refractivity contribution in [1.29, 1.82) is 0 Å². The van der Waals surface area contributed by atoms with Crippen LogP contribution in [0.1, 0.15) is 12.8 Å². The van der Waals surface area contributed by atoms with Gasteiger partial charge in [0.25, 0.3) is 10.1 Å². The van der Waals surface area contributed by atoms with E-state index in [1.54, 1.807) is 7.05 Å². The third kappa shape index (κ3) is 13.8. The van der Waals surface area contributed by atoms with Crippen LogP contribution in [0.25, 0.3) is 0 Å². The molecular formula is C5H14NNaO3S. The number of rotatable bonds is 5. The zero-order valence-corrected chi connectivity index (χ0v) is 6.82. The predicted molar refractivity (Wildman–Crippen MR) is 46.7 cm³/mol. The molecule has 0 aliphatic carbocycles. The summed E-state index contributed by atoms with van der Waals surface area (Å²) < 4.78 is 28.5. The molecule has 0 spiro atoms. The second kappa shape index (κ2) is 7.52. The molecule has 0 atom stereocenters. The van der Waals surface area contributed by atoms with E-state index >= 15 is 0 Å². The van der Waals surface area contributed by atoms with Crippen molar-refractivity contribution in [3.8, 4) is 0 Å². The second-order valence-electron chi connectivity index (χ2n) is 2.10. The fourth-order valence-electron chi connectivity index (χ4n) is 0.586. The molecule has 0 heterocycles. The Morgan fingerprint density at radius 3 is 2.27 bits per heavy atom. The van der Waals surface area contributed by atoms with Crippen molar-refractivity contribution in [2.24, 2.45) is 0 Å². The zero-order chi connectivity index (χ0) is 8.04. The summed E-state index contributed by atoms with van der Waals surface area (Å²) in [6.45, 7) is 0.787. The maximum absolute atomic E-state index is 10.1. The number of hydrogen-bond donors (Lipinski definition) is 2. The molecule has 0 amide bonds. The van der Waals surface area contributed by atoms with Crippen LogP contribution in [-0.4, -0.2) is 61.9 Å². The molecule has 0 aromatic heterocycles. The molecule has 0 aromatic carbocycles. The molecule has 0 rings (SSSR count). The summed E-state index contributed by atoms with van der Waals surface area (Å²) in [7, 11) is -1.93. The summed E-state index contributed by atoms with van der Waals surface area (Å²) in [6, 6.07) is 0. The average molecular weight is 191 g/mol. The van der Waals surface area contributed by atoms with Gasteiger partial charge in [0.15, 0.2) is 0 Å². The topological polar surface area (TPSA) is 66.4 Å². The molecule has 0 bridgehead atoms. The van der Waals surface area contributed by atoms with Gasteiger partial charge in [-0.3, -0.25) is 4.55 Å². The molecule has 0 fully saturated rings. The minimum absolute atomic E-state index is 0. The van der Waals surface area contributed by atoms with Crippen molar-refractivity contribution < 1.29 is 13.0 Å². The van der Waals surface area contributed by atoms with E-state index in [1.165, 1.54) is 0 Å². The van der Waals surface area contributed by atoms with E-state index in [9.17, 15) is 8.42 Å². The molecule has 0 unspecified atom stereocenters. The number of unbranched alkanes of at least 4 members (excludes halogenated alkanes) is 1. The van der Waals surface area contributed by atoms with Gasteiger partial charge >= 0.3 is 29.6 Å². The van der Waals surface area contributed by atoms with E-state index in [2.05, 4.69) is 5.32 Å². The van der Waals surface area contributed by atoms with Crippen molar-refractivity contribution >= 4 is 39.7 Å². The Kier molecular flexibility index (Phi) is 9.84. The maximum atomic E-state index is 10.1. The molecule has 11 heavy (non-hydrogen) atoms. The first-order valence-corrected chi connectivity index (χ1v) is 4.77. The van der Waals surface area contributed by atoms with Crippen molar-refractivity contribution in [1.82, 2.24) is 5.32 Å². The Balaban J connectivity index is 0. The molecule has 0 saturated heterocycles. The molecule has 0 radical (unpaired) electrons. The summed E-state index contributed by atoms with van der Waals surface area (Å²) in [6.07, 6.45) is 1.29. The van der Waals surface area contributed by atoms with Gasteiger partial charge in [0, 0.05) is 0 Å². The zero-order valence-electron chi connectivity index (χ0n) is 6.00. The van der Waals surface area contributed by atoms with Crippen LogP contribution >= 0.6 is 0 Å². The molecule has 4 nitrogen and oxygen atoms in total. The van der Waals surface area contributed by atoms with E-state index in [0.29, 0.717) is 6.42 Å². The van der Waals surface area contributed by atoms with Crippen LogP contribution < -0.4 is 5.32 Å². The fraction of sp³-hybridized carbons (Fsp3) is 1.00. The van der Waals surface area contributed by atoms with Gasteiger partial charge in [0.1, 0.15) is 0 Å². The van der Waals surface area contributed by atoms with Gasteiger partial charge in [-0.1, -0.05) is 0 Å². The Morgan fingerprint density at radius 2 is 1.91 bits per heavy atom. The van der Waals surface area contributed by atoms with Crippen molar-refractivity contribution in [3.05, 3.63) is 0 Å². The van der Waals surface area contributed by atoms with Gasteiger partial charge in [-0.25, -0.2) is 0 Å². The quantitative estimate of drug-likeness (QED) is 0.340. The minimum atomic E-state index is -3.73. The van der Waals surface area contributed by atoms with Crippen LogP contribution in [-0.2, 0) is 10.1 Å². The molecular weight excluding hydrogens is 177 g/mol. The van der Waals surface area contributed by atoms with E-state index in [1.807, 2.05) is 0 Å². The summed E-state index contributed by atoms with van der Waals surface area (Å²) >= 11 is 0. The summed E-state index contributed by atoms with van der Waals surface area (Å²) in [5, 5.41) is 2.88. The molecule has 2 N–H and O–H groups in total. The Morgan fingerprint density at radius 1 is 1.36 bits per heavy atom. The SMILES string of the molecule is CNCCCCS(=O)(=O)O.[NaH]. The summed E-state index contributed by atoms with van der Waals surface area (Å²) in [4.78, 5) is 0. The van der Waals surface area contributed by atoms with Gasteiger partial charge in [-0.15, -0.1) is 0 Å². The Bertz CT molecular complexity index is 169.